The molecule has 1 amide bonds. The van der Waals surface area contributed by atoms with Crippen molar-refractivity contribution in [2.75, 3.05) is 4.90 Å². The van der Waals surface area contributed by atoms with Gasteiger partial charge in [-0.2, -0.15) is 0 Å². The number of anilines is 1. The van der Waals surface area contributed by atoms with Crippen molar-refractivity contribution in [3.63, 3.8) is 0 Å². The predicted octanol–water partition coefficient (Wildman–Crippen LogP) is 6.05. The molecule has 0 aliphatic heterocycles. The van der Waals surface area contributed by atoms with E-state index < -0.39 is 17.6 Å². The van der Waals surface area contributed by atoms with Crippen molar-refractivity contribution < 1.29 is 23.5 Å². The third kappa shape index (κ3) is 5.34. The molecule has 3 aromatic rings. The summed E-state index contributed by atoms with van der Waals surface area (Å²) in [5, 5.41) is 9.40. The Morgan fingerprint density at radius 3 is 2.29 bits per heavy atom. The minimum Gasteiger partial charge on any atom is -0.478 e. The lowest BCUT2D eigenvalue weighted by Gasteiger charge is -2.23. The van der Waals surface area contributed by atoms with E-state index in [9.17, 15) is 23.5 Å². The normalized spacial score (nSPS) is 10.7. The number of benzene rings is 3. The molecule has 0 unspecified atom stereocenters. The highest BCUT2D eigenvalue weighted by Gasteiger charge is 2.18. The number of rotatable bonds is 8. The van der Waals surface area contributed by atoms with E-state index in [0.29, 0.717) is 24.1 Å². The van der Waals surface area contributed by atoms with Gasteiger partial charge < -0.3 is 10.0 Å². The number of nitrogens with zero attached hydrogens (tertiary/aromatic N) is 1. The molecule has 0 aliphatic carbocycles. The van der Waals surface area contributed by atoms with Crippen LogP contribution in [-0.4, -0.2) is 17.0 Å². The molecule has 0 aromatic heterocycles. The number of carbonyl (C=O) groups excluding carboxylic acids is 1. The maximum absolute atomic E-state index is 13.8. The van der Waals surface area contributed by atoms with Crippen LogP contribution >= 0.6 is 0 Å². The fourth-order valence-electron chi connectivity index (χ4n) is 3.33. The molecule has 6 heteroatoms. The Bertz CT molecular complexity index is 1080. The molecule has 160 valence electrons. The number of carboxylic acid groups (broad SMARTS) is 1. The van der Waals surface area contributed by atoms with E-state index in [2.05, 4.69) is 0 Å². The van der Waals surface area contributed by atoms with E-state index in [1.54, 1.807) is 48.5 Å². The van der Waals surface area contributed by atoms with E-state index in [4.69, 9.17) is 0 Å². The van der Waals surface area contributed by atoms with Gasteiger partial charge in [0.25, 0.3) is 0 Å². The molecule has 0 spiro atoms. The molecule has 0 bridgehead atoms. The van der Waals surface area contributed by atoms with Crippen molar-refractivity contribution in [1.82, 2.24) is 0 Å². The second-order valence-electron chi connectivity index (χ2n) is 7.23. The van der Waals surface area contributed by atoms with E-state index >= 15 is 0 Å². The molecule has 0 saturated carbocycles. The number of aromatic carboxylic acids is 1. The van der Waals surface area contributed by atoms with Crippen molar-refractivity contribution in [1.29, 1.82) is 0 Å². The summed E-state index contributed by atoms with van der Waals surface area (Å²) in [6.07, 6.45) is 1.85. The summed E-state index contributed by atoms with van der Waals surface area (Å²) >= 11 is 0. The van der Waals surface area contributed by atoms with Gasteiger partial charge in [-0.1, -0.05) is 55.8 Å². The average molecular weight is 423 g/mol. The minimum atomic E-state index is -1.01. The van der Waals surface area contributed by atoms with E-state index in [1.165, 1.54) is 11.0 Å². The Morgan fingerprint density at radius 1 is 0.935 bits per heavy atom. The lowest BCUT2D eigenvalue weighted by atomic mass is 9.98. The van der Waals surface area contributed by atoms with Crippen molar-refractivity contribution in [2.45, 2.75) is 32.7 Å². The molecule has 0 radical (unpaired) electrons. The summed E-state index contributed by atoms with van der Waals surface area (Å²) in [4.78, 5) is 25.7. The van der Waals surface area contributed by atoms with Gasteiger partial charge >= 0.3 is 5.97 Å². The Hall–Kier alpha value is -3.54. The lowest BCUT2D eigenvalue weighted by Crippen LogP contribution is -2.30. The van der Waals surface area contributed by atoms with Crippen LogP contribution in [-0.2, 0) is 11.3 Å². The Morgan fingerprint density at radius 2 is 1.65 bits per heavy atom. The molecule has 0 saturated heterocycles. The van der Waals surface area contributed by atoms with Crippen molar-refractivity contribution in [2.24, 2.45) is 0 Å². The highest BCUT2D eigenvalue weighted by Crippen LogP contribution is 2.26. The average Bonchev–Trinajstić information content (AvgIpc) is 2.78. The molecule has 4 nitrogen and oxygen atoms in total. The second-order valence-corrected chi connectivity index (χ2v) is 7.23. The Balaban J connectivity index is 1.88. The van der Waals surface area contributed by atoms with Crippen LogP contribution in [0.1, 0.15) is 42.1 Å². The maximum atomic E-state index is 13.8. The van der Waals surface area contributed by atoms with Gasteiger partial charge in [-0.3, -0.25) is 4.79 Å². The molecule has 0 heterocycles. The van der Waals surface area contributed by atoms with Gasteiger partial charge in [0.15, 0.2) is 11.6 Å². The van der Waals surface area contributed by atoms with E-state index in [0.717, 1.165) is 29.7 Å². The number of amides is 1. The maximum Gasteiger partial charge on any atom is 0.336 e. The van der Waals surface area contributed by atoms with Crippen LogP contribution in [0.3, 0.4) is 0 Å². The summed E-state index contributed by atoms with van der Waals surface area (Å²) in [7, 11) is 0. The van der Waals surface area contributed by atoms with Crippen LogP contribution in [0.15, 0.2) is 66.7 Å². The topological polar surface area (TPSA) is 57.6 Å². The number of carboxylic acids is 1. The van der Waals surface area contributed by atoms with Gasteiger partial charge in [0, 0.05) is 18.2 Å². The lowest BCUT2D eigenvalue weighted by molar-refractivity contribution is -0.118. The van der Waals surface area contributed by atoms with Gasteiger partial charge in [0.2, 0.25) is 5.91 Å². The SMILES string of the molecule is CCCCC(=O)N(Cc1ccc(-c2ccccc2C(=O)O)cc1)c1ccc(F)c(F)c1. The third-order valence-electron chi connectivity index (χ3n) is 5.02. The fraction of sp³-hybridized carbons (Fsp3) is 0.200. The minimum absolute atomic E-state index is 0.173. The molecule has 0 fully saturated rings. The summed E-state index contributed by atoms with van der Waals surface area (Å²) < 4.78 is 27.1. The van der Waals surface area contributed by atoms with Crippen molar-refractivity contribution >= 4 is 17.6 Å². The van der Waals surface area contributed by atoms with Crippen LogP contribution in [0, 0.1) is 11.6 Å². The summed E-state index contributed by atoms with van der Waals surface area (Å²) in [6.45, 7) is 2.16. The quantitative estimate of drug-likeness (QED) is 0.480. The molecule has 0 atom stereocenters. The van der Waals surface area contributed by atoms with Crippen LogP contribution in [0.25, 0.3) is 11.1 Å². The van der Waals surface area contributed by atoms with Crippen LogP contribution in [0.4, 0.5) is 14.5 Å². The highest BCUT2D eigenvalue weighted by molar-refractivity contribution is 5.96. The van der Waals surface area contributed by atoms with Crippen LogP contribution in [0.2, 0.25) is 0 Å². The predicted molar refractivity (Wildman–Crippen MR) is 116 cm³/mol. The molecular formula is C25H23F2NO3. The zero-order valence-electron chi connectivity index (χ0n) is 17.1. The Labute approximate surface area is 179 Å². The largest absolute Gasteiger partial charge is 0.478 e. The number of unbranched alkanes of at least 4 members (excludes halogenated alkanes) is 1. The standard InChI is InChI=1S/C25H23F2NO3/c1-2-3-8-24(29)28(19-13-14-22(26)23(27)15-19)16-17-9-11-18(12-10-17)20-6-4-5-7-21(20)25(30)31/h4-7,9-15H,2-3,8,16H2,1H3,(H,30,31). The van der Waals surface area contributed by atoms with E-state index in [1.807, 2.05) is 6.92 Å². The first-order valence-corrected chi connectivity index (χ1v) is 10.1. The molecule has 0 aliphatic rings. The molecule has 1 N–H and O–H groups in total. The summed E-state index contributed by atoms with van der Waals surface area (Å²) in [5.41, 5.74) is 2.61. The summed E-state index contributed by atoms with van der Waals surface area (Å²) in [5.74, 6) is -3.16. The van der Waals surface area contributed by atoms with Gasteiger partial charge in [-0.15, -0.1) is 0 Å². The van der Waals surface area contributed by atoms with Gasteiger partial charge in [-0.05, 0) is 41.3 Å². The second kappa shape index (κ2) is 9.98. The number of halogens is 2. The number of carbonyl (C=O) groups is 2. The van der Waals surface area contributed by atoms with Crippen LogP contribution in [0.5, 0.6) is 0 Å². The number of hydrogen-bond acceptors (Lipinski definition) is 2. The molecular weight excluding hydrogens is 400 g/mol. The monoisotopic (exact) mass is 423 g/mol. The highest BCUT2D eigenvalue weighted by atomic mass is 19.2. The zero-order valence-corrected chi connectivity index (χ0v) is 17.1. The molecule has 31 heavy (non-hydrogen) atoms. The van der Waals surface area contributed by atoms with Gasteiger partial charge in [0.05, 0.1) is 12.1 Å². The molecule has 3 rings (SSSR count). The van der Waals surface area contributed by atoms with Crippen LogP contribution < -0.4 is 4.90 Å². The van der Waals surface area contributed by atoms with Crippen molar-refractivity contribution in [3.05, 3.63) is 89.5 Å². The first kappa shape index (κ1) is 22.2. The zero-order chi connectivity index (χ0) is 22.4. The van der Waals surface area contributed by atoms with Gasteiger partial charge in [-0.25, -0.2) is 13.6 Å². The van der Waals surface area contributed by atoms with E-state index in [-0.39, 0.29) is 18.0 Å². The Kier molecular flexibility index (Phi) is 7.13. The number of hydrogen-bond donors (Lipinski definition) is 1. The smallest absolute Gasteiger partial charge is 0.336 e. The first-order chi connectivity index (χ1) is 14.9. The van der Waals surface area contributed by atoms with Gasteiger partial charge in [0.1, 0.15) is 0 Å². The third-order valence-corrected chi connectivity index (χ3v) is 5.02. The first-order valence-electron chi connectivity index (χ1n) is 10.1. The fourth-order valence-corrected chi connectivity index (χ4v) is 3.33. The summed E-state index contributed by atoms with van der Waals surface area (Å²) in [6, 6.07) is 17.3. The molecule has 3 aromatic carbocycles. The van der Waals surface area contributed by atoms with Crippen molar-refractivity contribution in [3.8, 4) is 11.1 Å².